The lowest BCUT2D eigenvalue weighted by Crippen LogP contribution is -2.26. The zero-order valence-corrected chi connectivity index (χ0v) is 5.59. The molecule has 1 atom stereocenters. The van der Waals surface area contributed by atoms with Gasteiger partial charge in [-0.1, -0.05) is 0 Å². The zero-order chi connectivity index (χ0) is 7.28. The molecule has 1 amide bonds. The third-order valence-electron chi connectivity index (χ3n) is 0.970. The van der Waals surface area contributed by atoms with Crippen LogP contribution in [0.4, 0.5) is 0 Å². The highest BCUT2D eigenvalue weighted by Crippen LogP contribution is 1.86. The Labute approximate surface area is 54.1 Å². The predicted octanol–water partition coefficient (Wildman–Crippen LogP) is -0.687. The molecule has 0 aliphatic rings. The summed E-state index contributed by atoms with van der Waals surface area (Å²) in [6.45, 7) is 1.72. The number of nitrogens with zero attached hydrogens (tertiary/aromatic N) is 1. The first kappa shape index (κ1) is 7.94. The van der Waals surface area contributed by atoms with E-state index in [4.69, 9.17) is 5.84 Å². The Morgan fingerprint density at radius 3 is 2.78 bits per heavy atom. The Morgan fingerprint density at radius 2 is 2.44 bits per heavy atom. The van der Waals surface area contributed by atoms with Gasteiger partial charge in [-0.2, -0.15) is 5.10 Å². The molecule has 0 aliphatic heterocycles. The minimum Gasteiger partial charge on any atom is -0.359 e. The minimum absolute atomic E-state index is 0.0794. The lowest BCUT2D eigenvalue weighted by atomic mass is 10.2. The number of carbonyl (C=O) groups is 1. The fraction of sp³-hybridized carbons (Fsp3) is 0.600. The highest BCUT2D eigenvalue weighted by molar-refractivity contribution is 5.92. The normalized spacial score (nSPS) is 13.6. The third-order valence-corrected chi connectivity index (χ3v) is 0.970. The average molecular weight is 129 g/mol. The summed E-state index contributed by atoms with van der Waals surface area (Å²) in [4.78, 5) is 10.6. The molecule has 0 fully saturated rings. The summed E-state index contributed by atoms with van der Waals surface area (Å²) in [5.41, 5.74) is 0. The molecule has 0 bridgehead atoms. The van der Waals surface area contributed by atoms with Gasteiger partial charge < -0.3 is 11.2 Å². The minimum atomic E-state index is -0.236. The van der Waals surface area contributed by atoms with Gasteiger partial charge in [0.15, 0.2) is 0 Å². The number of rotatable bonds is 2. The maximum absolute atomic E-state index is 10.6. The molecule has 0 rings (SSSR count). The summed E-state index contributed by atoms with van der Waals surface area (Å²) in [5.74, 6) is 4.50. The first-order valence-electron chi connectivity index (χ1n) is 2.67. The smallest absolute Gasteiger partial charge is 0.228 e. The van der Waals surface area contributed by atoms with E-state index in [1.54, 1.807) is 14.0 Å². The molecule has 0 radical (unpaired) electrons. The van der Waals surface area contributed by atoms with Crippen molar-refractivity contribution in [3.63, 3.8) is 0 Å². The fourth-order valence-electron chi connectivity index (χ4n) is 0.424. The van der Waals surface area contributed by atoms with Crippen molar-refractivity contribution in [1.82, 2.24) is 5.32 Å². The largest absolute Gasteiger partial charge is 0.359 e. The second kappa shape index (κ2) is 3.88. The van der Waals surface area contributed by atoms with E-state index in [0.717, 1.165) is 0 Å². The van der Waals surface area contributed by atoms with Crippen LogP contribution in [0.3, 0.4) is 0 Å². The van der Waals surface area contributed by atoms with Gasteiger partial charge in [-0.3, -0.25) is 4.79 Å². The van der Waals surface area contributed by atoms with Gasteiger partial charge in [-0.15, -0.1) is 0 Å². The van der Waals surface area contributed by atoms with Crippen LogP contribution >= 0.6 is 0 Å². The van der Waals surface area contributed by atoms with Crippen molar-refractivity contribution in [2.45, 2.75) is 6.92 Å². The van der Waals surface area contributed by atoms with Gasteiger partial charge in [-0.25, -0.2) is 0 Å². The van der Waals surface area contributed by atoms with Crippen LogP contribution in [0.1, 0.15) is 6.92 Å². The van der Waals surface area contributed by atoms with E-state index < -0.39 is 0 Å². The first-order valence-corrected chi connectivity index (χ1v) is 2.67. The van der Waals surface area contributed by atoms with Gasteiger partial charge in [0.1, 0.15) is 0 Å². The summed E-state index contributed by atoms with van der Waals surface area (Å²) >= 11 is 0. The summed E-state index contributed by atoms with van der Waals surface area (Å²) in [7, 11) is 1.57. The highest BCUT2D eigenvalue weighted by atomic mass is 16.1. The Bertz CT molecular complexity index is 121. The molecule has 52 valence electrons. The van der Waals surface area contributed by atoms with E-state index in [1.165, 1.54) is 6.21 Å². The van der Waals surface area contributed by atoms with Crippen molar-refractivity contribution >= 4 is 12.1 Å². The first-order chi connectivity index (χ1) is 4.22. The fourth-order valence-corrected chi connectivity index (χ4v) is 0.424. The maximum atomic E-state index is 10.6. The zero-order valence-electron chi connectivity index (χ0n) is 5.59. The van der Waals surface area contributed by atoms with Gasteiger partial charge >= 0.3 is 0 Å². The number of amides is 1. The SMILES string of the molecule is CNC(=O)C(C)/C=N\N. The van der Waals surface area contributed by atoms with Crippen LogP contribution in [0.2, 0.25) is 0 Å². The molecule has 4 nitrogen and oxygen atoms in total. The van der Waals surface area contributed by atoms with Crippen LogP contribution in [0.25, 0.3) is 0 Å². The number of hydrogen-bond donors (Lipinski definition) is 2. The summed E-state index contributed by atoms with van der Waals surface area (Å²) in [6, 6.07) is 0. The lowest BCUT2D eigenvalue weighted by Gasteiger charge is -2.00. The molecule has 0 aromatic heterocycles. The van der Waals surface area contributed by atoms with E-state index in [0.29, 0.717) is 0 Å². The summed E-state index contributed by atoms with van der Waals surface area (Å²) in [5, 5.41) is 5.68. The highest BCUT2D eigenvalue weighted by Gasteiger charge is 2.05. The third kappa shape index (κ3) is 2.69. The monoisotopic (exact) mass is 129 g/mol. The summed E-state index contributed by atoms with van der Waals surface area (Å²) in [6.07, 6.45) is 1.39. The molecule has 0 aliphatic carbocycles. The number of hydrazone groups is 1. The molecule has 0 saturated carbocycles. The van der Waals surface area contributed by atoms with E-state index in [-0.39, 0.29) is 11.8 Å². The van der Waals surface area contributed by atoms with Crippen LogP contribution in [0, 0.1) is 5.92 Å². The number of nitrogens with one attached hydrogen (secondary N) is 1. The van der Waals surface area contributed by atoms with Crippen molar-refractivity contribution in [2.75, 3.05) is 7.05 Å². The van der Waals surface area contributed by atoms with Crippen molar-refractivity contribution in [3.8, 4) is 0 Å². The molecule has 0 aromatic rings. The quantitative estimate of drug-likeness (QED) is 0.294. The molecular formula is C5H11N3O. The number of carbonyl (C=O) groups excluding carboxylic acids is 1. The number of nitrogens with two attached hydrogens (primary N) is 1. The molecule has 0 spiro atoms. The lowest BCUT2D eigenvalue weighted by molar-refractivity contribution is -0.122. The van der Waals surface area contributed by atoms with Crippen molar-refractivity contribution < 1.29 is 4.79 Å². The van der Waals surface area contributed by atoms with Gasteiger partial charge in [0.05, 0.1) is 5.92 Å². The molecule has 0 heterocycles. The van der Waals surface area contributed by atoms with Crippen molar-refractivity contribution in [1.29, 1.82) is 0 Å². The average Bonchev–Trinajstić information content (AvgIpc) is 1.87. The van der Waals surface area contributed by atoms with E-state index in [1.807, 2.05) is 0 Å². The molecule has 1 unspecified atom stereocenters. The predicted molar refractivity (Wildman–Crippen MR) is 35.9 cm³/mol. The maximum Gasteiger partial charge on any atom is 0.228 e. The Kier molecular flexibility index (Phi) is 3.43. The van der Waals surface area contributed by atoms with Crippen molar-refractivity contribution in [2.24, 2.45) is 16.9 Å². The van der Waals surface area contributed by atoms with E-state index in [2.05, 4.69) is 10.4 Å². The van der Waals surface area contributed by atoms with E-state index in [9.17, 15) is 4.79 Å². The Balaban J connectivity index is 3.72. The molecule has 9 heavy (non-hydrogen) atoms. The Morgan fingerprint density at radius 1 is 1.89 bits per heavy atom. The van der Waals surface area contributed by atoms with Crippen LogP contribution in [0.15, 0.2) is 5.10 Å². The molecule has 3 N–H and O–H groups in total. The van der Waals surface area contributed by atoms with Crippen LogP contribution in [-0.4, -0.2) is 19.2 Å². The molecule has 0 saturated heterocycles. The van der Waals surface area contributed by atoms with Crippen LogP contribution < -0.4 is 11.2 Å². The van der Waals surface area contributed by atoms with Gasteiger partial charge in [-0.05, 0) is 6.92 Å². The van der Waals surface area contributed by atoms with Gasteiger partial charge in [0.25, 0.3) is 0 Å². The van der Waals surface area contributed by atoms with Crippen LogP contribution in [0.5, 0.6) is 0 Å². The topological polar surface area (TPSA) is 67.5 Å². The molecule has 4 heteroatoms. The summed E-state index contributed by atoms with van der Waals surface area (Å²) < 4.78 is 0. The Hall–Kier alpha value is -1.06. The molecular weight excluding hydrogens is 118 g/mol. The van der Waals surface area contributed by atoms with E-state index >= 15 is 0 Å². The molecule has 0 aromatic carbocycles. The van der Waals surface area contributed by atoms with Gasteiger partial charge in [0.2, 0.25) is 5.91 Å². The van der Waals surface area contributed by atoms with Crippen molar-refractivity contribution in [3.05, 3.63) is 0 Å². The van der Waals surface area contributed by atoms with Gasteiger partial charge in [0, 0.05) is 13.3 Å². The number of hydrogen-bond acceptors (Lipinski definition) is 3. The second-order valence-electron chi connectivity index (χ2n) is 1.70. The van der Waals surface area contributed by atoms with Crippen LogP contribution in [-0.2, 0) is 4.79 Å². The standard InChI is InChI=1S/C5H11N3O/c1-4(3-8-6)5(9)7-2/h3-4H,6H2,1-2H3,(H,7,9)/b8-3-. The second-order valence-corrected chi connectivity index (χ2v) is 1.70.